The van der Waals surface area contributed by atoms with Crippen molar-refractivity contribution < 1.29 is 32.5 Å². The lowest BCUT2D eigenvalue weighted by molar-refractivity contribution is -0.136. The number of rotatable bonds is 7. The van der Waals surface area contributed by atoms with Gasteiger partial charge in [0.1, 0.15) is 29.8 Å². The van der Waals surface area contributed by atoms with E-state index in [-0.39, 0.29) is 59.9 Å². The Bertz CT molecular complexity index is 1660. The minimum Gasteiger partial charge on any atom is -0.491 e. The molecule has 11 heteroatoms. The van der Waals surface area contributed by atoms with Gasteiger partial charge >= 0.3 is 5.97 Å². The number of nitrogens with two attached hydrogens (primary N) is 1. The lowest BCUT2D eigenvalue weighted by Gasteiger charge is -2.16. The van der Waals surface area contributed by atoms with Crippen molar-refractivity contribution in [3.63, 3.8) is 0 Å². The van der Waals surface area contributed by atoms with Gasteiger partial charge in [0.15, 0.2) is 23.2 Å². The summed E-state index contributed by atoms with van der Waals surface area (Å²) in [5.74, 6) is -3.75. The molecule has 1 aliphatic rings. The molecule has 4 aromatic rings. The molecular weight excluding hydrogens is 525 g/mol. The number of carbonyl (C=O) groups is 1. The second-order valence-corrected chi connectivity index (χ2v) is 9.23. The van der Waals surface area contributed by atoms with Crippen molar-refractivity contribution >= 4 is 28.5 Å². The van der Waals surface area contributed by atoms with Crippen LogP contribution >= 0.6 is 0 Å². The fraction of sp³-hybridized carbons (Fsp3) is 0.207. The van der Waals surface area contributed by atoms with Gasteiger partial charge in [0.25, 0.3) is 0 Å². The highest BCUT2D eigenvalue weighted by atomic mass is 19.1. The number of halogens is 3. The number of aromatic nitrogens is 1. The Morgan fingerprint density at radius 1 is 1.20 bits per heavy atom. The molecule has 2 heterocycles. The number of H-pyrrole nitrogens is 1. The molecule has 0 aliphatic carbocycles. The molecule has 0 amide bonds. The number of nitrogens with zero attached hydrogens (tertiary/aromatic N) is 2. The summed E-state index contributed by atoms with van der Waals surface area (Å²) in [4.78, 5) is 22.6. The minimum absolute atomic E-state index is 0.0389. The average Bonchev–Trinajstić information content (AvgIpc) is 3.31. The predicted molar refractivity (Wildman–Crippen MR) is 144 cm³/mol. The van der Waals surface area contributed by atoms with Crippen molar-refractivity contribution in [2.24, 2.45) is 15.7 Å². The van der Waals surface area contributed by atoms with Gasteiger partial charge in [-0.25, -0.2) is 18.2 Å². The number of carboxylic acid groups (broad SMARTS) is 1. The molecule has 3 aromatic carbocycles. The van der Waals surface area contributed by atoms with E-state index in [4.69, 9.17) is 20.3 Å². The van der Waals surface area contributed by atoms with Crippen LogP contribution in [0, 0.1) is 17.5 Å². The molecule has 1 aromatic heterocycles. The first-order valence-electron chi connectivity index (χ1n) is 12.5. The van der Waals surface area contributed by atoms with Gasteiger partial charge in [-0.15, -0.1) is 0 Å². The number of aryl methyl sites for hydroxylation is 1. The Hall–Kier alpha value is -4.80. The molecule has 206 valence electrons. The molecule has 0 fully saturated rings. The third kappa shape index (κ3) is 5.35. The minimum atomic E-state index is -1.02. The SMILES string of the molecule is CC(C(N)=NC1=NCCOc2ccc(Oc3c(F)cc4[nH]ccc4c3F)cc21)c1cccc(CCC(=O)O)c1F. The number of aliphatic carboxylic acids is 1. The van der Waals surface area contributed by atoms with Crippen LogP contribution in [0.15, 0.2) is 64.7 Å². The van der Waals surface area contributed by atoms with Crippen LogP contribution in [0.5, 0.6) is 17.2 Å². The molecule has 0 saturated carbocycles. The van der Waals surface area contributed by atoms with Gasteiger partial charge in [0.2, 0.25) is 0 Å². The van der Waals surface area contributed by atoms with Crippen LogP contribution in [0.2, 0.25) is 0 Å². The number of aliphatic imine (C=N–C) groups is 2. The number of amidine groups is 2. The van der Waals surface area contributed by atoms with Crippen molar-refractivity contribution in [3.8, 4) is 17.2 Å². The zero-order chi connectivity index (χ0) is 28.4. The average molecular weight is 551 g/mol. The van der Waals surface area contributed by atoms with Gasteiger partial charge in [0, 0.05) is 30.0 Å². The second kappa shape index (κ2) is 11.1. The highest BCUT2D eigenvalue weighted by Gasteiger charge is 2.22. The van der Waals surface area contributed by atoms with E-state index in [1.807, 2.05) is 0 Å². The summed E-state index contributed by atoms with van der Waals surface area (Å²) >= 11 is 0. The Morgan fingerprint density at radius 3 is 2.83 bits per heavy atom. The summed E-state index contributed by atoms with van der Waals surface area (Å²) in [5.41, 5.74) is 7.52. The van der Waals surface area contributed by atoms with Gasteiger partial charge in [0.05, 0.1) is 17.6 Å². The van der Waals surface area contributed by atoms with Crippen molar-refractivity contribution in [2.75, 3.05) is 13.2 Å². The summed E-state index contributed by atoms with van der Waals surface area (Å²) in [7, 11) is 0. The molecule has 8 nitrogen and oxygen atoms in total. The van der Waals surface area contributed by atoms with E-state index in [0.717, 1.165) is 6.07 Å². The van der Waals surface area contributed by atoms with Crippen LogP contribution < -0.4 is 15.2 Å². The maximum Gasteiger partial charge on any atom is 0.303 e. The van der Waals surface area contributed by atoms with Crippen LogP contribution in [-0.2, 0) is 11.2 Å². The molecule has 0 saturated heterocycles. The van der Waals surface area contributed by atoms with E-state index in [2.05, 4.69) is 15.0 Å². The van der Waals surface area contributed by atoms with E-state index < -0.39 is 35.1 Å². The van der Waals surface area contributed by atoms with Crippen LogP contribution in [0.25, 0.3) is 10.9 Å². The number of benzene rings is 3. The number of fused-ring (bicyclic) bond motifs is 2. The van der Waals surface area contributed by atoms with Crippen LogP contribution in [0.4, 0.5) is 13.2 Å². The summed E-state index contributed by atoms with van der Waals surface area (Å²) in [6, 6.07) is 11.9. The quantitative estimate of drug-likeness (QED) is 0.201. The number of carboxylic acids is 1. The van der Waals surface area contributed by atoms with Crippen molar-refractivity contribution in [1.82, 2.24) is 4.98 Å². The lowest BCUT2D eigenvalue weighted by atomic mass is 9.95. The molecule has 5 rings (SSSR count). The zero-order valence-corrected chi connectivity index (χ0v) is 21.4. The fourth-order valence-corrected chi connectivity index (χ4v) is 4.43. The smallest absolute Gasteiger partial charge is 0.303 e. The standard InChI is InChI=1S/C29H25F3N4O4/c1-15(18-4-2-3-16(25(18)31)5-8-24(37)38)28(33)36-29-20-13-17(6-7-23(20)39-12-11-35-29)40-27-21(30)14-22-19(26(27)32)9-10-34-22/h2-4,6-7,9-10,13-15,34H,5,8,11-12H2,1H3,(H,37,38)(H2,33,35,36). The van der Waals surface area contributed by atoms with Gasteiger partial charge in [-0.1, -0.05) is 25.1 Å². The summed E-state index contributed by atoms with van der Waals surface area (Å²) in [6.07, 6.45) is 1.33. The third-order valence-corrected chi connectivity index (χ3v) is 6.59. The molecular formula is C29H25F3N4O4. The Kier molecular flexibility index (Phi) is 7.45. The summed E-state index contributed by atoms with van der Waals surface area (Å²) < 4.78 is 56.2. The molecule has 0 radical (unpaired) electrons. The van der Waals surface area contributed by atoms with Crippen LogP contribution in [0.1, 0.15) is 36.0 Å². The molecule has 4 N–H and O–H groups in total. The number of nitrogens with one attached hydrogen (secondary N) is 1. The molecule has 40 heavy (non-hydrogen) atoms. The Morgan fingerprint density at radius 2 is 2.02 bits per heavy atom. The first-order valence-corrected chi connectivity index (χ1v) is 12.5. The van der Waals surface area contributed by atoms with Crippen molar-refractivity contribution in [1.29, 1.82) is 0 Å². The van der Waals surface area contributed by atoms with E-state index in [1.165, 1.54) is 30.5 Å². The maximum atomic E-state index is 15.2. The topological polar surface area (TPSA) is 122 Å². The molecule has 1 atom stereocenters. The van der Waals surface area contributed by atoms with Crippen molar-refractivity contribution in [3.05, 3.63) is 88.9 Å². The van der Waals surface area contributed by atoms with Crippen LogP contribution in [-0.4, -0.2) is 40.9 Å². The first-order chi connectivity index (χ1) is 19.2. The number of hydrogen-bond acceptors (Lipinski definition) is 5. The van der Waals surface area contributed by atoms with E-state index in [0.29, 0.717) is 16.8 Å². The Balaban J connectivity index is 1.45. The highest BCUT2D eigenvalue weighted by Crippen LogP contribution is 2.35. The number of aromatic amines is 1. The van der Waals surface area contributed by atoms with E-state index in [9.17, 15) is 13.6 Å². The zero-order valence-electron chi connectivity index (χ0n) is 21.4. The summed E-state index contributed by atoms with van der Waals surface area (Å²) in [5, 5.41) is 9.13. The fourth-order valence-electron chi connectivity index (χ4n) is 4.43. The van der Waals surface area contributed by atoms with Gasteiger partial charge in [-0.2, -0.15) is 0 Å². The van der Waals surface area contributed by atoms with Crippen molar-refractivity contribution in [2.45, 2.75) is 25.7 Å². The molecule has 0 bridgehead atoms. The van der Waals surface area contributed by atoms with Gasteiger partial charge in [-0.3, -0.25) is 9.79 Å². The normalized spacial score (nSPS) is 14.2. The largest absolute Gasteiger partial charge is 0.491 e. The monoisotopic (exact) mass is 550 g/mol. The molecule has 1 aliphatic heterocycles. The number of hydrogen-bond donors (Lipinski definition) is 3. The molecule has 0 spiro atoms. The third-order valence-electron chi connectivity index (χ3n) is 6.59. The first kappa shape index (κ1) is 26.8. The molecule has 1 unspecified atom stereocenters. The highest BCUT2D eigenvalue weighted by molar-refractivity contribution is 6.09. The van der Waals surface area contributed by atoms with E-state index in [1.54, 1.807) is 25.1 Å². The van der Waals surface area contributed by atoms with Gasteiger partial charge in [-0.05, 0) is 41.8 Å². The van der Waals surface area contributed by atoms with Crippen LogP contribution in [0.3, 0.4) is 0 Å². The number of ether oxygens (including phenoxy) is 2. The summed E-state index contributed by atoms with van der Waals surface area (Å²) in [6.45, 7) is 2.20. The predicted octanol–water partition coefficient (Wildman–Crippen LogP) is 5.69. The second-order valence-electron chi connectivity index (χ2n) is 9.23. The Labute approximate surface area is 227 Å². The van der Waals surface area contributed by atoms with E-state index >= 15 is 4.39 Å². The van der Waals surface area contributed by atoms with Gasteiger partial charge < -0.3 is 25.3 Å². The lowest BCUT2D eigenvalue weighted by Crippen LogP contribution is -2.23. The maximum absolute atomic E-state index is 15.2.